The Kier molecular flexibility index (Phi) is 6.02. The van der Waals surface area contributed by atoms with Gasteiger partial charge in [-0.05, 0) is 53.9 Å². The Bertz CT molecular complexity index is 1250. The normalized spacial score (nSPS) is 13.2. The summed E-state index contributed by atoms with van der Waals surface area (Å²) in [7, 11) is 0. The minimum atomic E-state index is 0.327. The van der Waals surface area contributed by atoms with Crippen LogP contribution >= 0.6 is 23.5 Å². The van der Waals surface area contributed by atoms with Crippen molar-refractivity contribution in [2.75, 3.05) is 10.6 Å². The van der Waals surface area contributed by atoms with Gasteiger partial charge >= 0.3 is 0 Å². The molecule has 0 spiro atoms. The van der Waals surface area contributed by atoms with Gasteiger partial charge in [0.2, 0.25) is 0 Å². The van der Waals surface area contributed by atoms with Gasteiger partial charge < -0.3 is 10.6 Å². The van der Waals surface area contributed by atoms with Gasteiger partial charge in [0.15, 0.2) is 0 Å². The van der Waals surface area contributed by atoms with Crippen LogP contribution in [0, 0.1) is 0 Å². The topological polar surface area (TPSA) is 24.1 Å². The summed E-state index contributed by atoms with van der Waals surface area (Å²) in [6.45, 7) is 2.29. The fourth-order valence-electron chi connectivity index (χ4n) is 5.02. The summed E-state index contributed by atoms with van der Waals surface area (Å²) in [6.07, 6.45) is 4.86. The summed E-state index contributed by atoms with van der Waals surface area (Å²) in [5, 5.41) is 7.60. The van der Waals surface area contributed by atoms with Crippen molar-refractivity contribution in [2.45, 2.75) is 58.1 Å². The van der Waals surface area contributed by atoms with Gasteiger partial charge in [0.1, 0.15) is 0 Å². The summed E-state index contributed by atoms with van der Waals surface area (Å²) in [5.74, 6) is 0.327. The summed E-state index contributed by atoms with van der Waals surface area (Å²) in [5.41, 5.74) is 7.75. The van der Waals surface area contributed by atoms with E-state index in [0.717, 1.165) is 6.42 Å². The molecule has 0 aliphatic carbocycles. The number of hydrogen-bond acceptors (Lipinski definition) is 4. The first-order chi connectivity index (χ1) is 16.8. The zero-order valence-corrected chi connectivity index (χ0v) is 20.9. The number of rotatable bonds is 6. The molecular weight excluding hydrogens is 452 g/mol. The van der Waals surface area contributed by atoms with E-state index in [4.69, 9.17) is 0 Å². The van der Waals surface area contributed by atoms with Crippen molar-refractivity contribution in [3.8, 4) is 0 Å². The van der Waals surface area contributed by atoms with Crippen LogP contribution in [0.3, 0.4) is 0 Å². The molecule has 2 heterocycles. The third-order valence-electron chi connectivity index (χ3n) is 6.70. The van der Waals surface area contributed by atoms with E-state index >= 15 is 0 Å². The van der Waals surface area contributed by atoms with Gasteiger partial charge in [-0.2, -0.15) is 0 Å². The van der Waals surface area contributed by atoms with Crippen LogP contribution in [-0.4, -0.2) is 0 Å². The van der Waals surface area contributed by atoms with E-state index in [-0.39, 0.29) is 0 Å². The lowest BCUT2D eigenvalue weighted by atomic mass is 9.84. The molecule has 0 amide bonds. The first-order valence-electron chi connectivity index (χ1n) is 12.2. The lowest BCUT2D eigenvalue weighted by molar-refractivity contribution is 0.619. The third-order valence-corrected chi connectivity index (χ3v) is 8.97. The van der Waals surface area contributed by atoms with E-state index in [0.29, 0.717) is 5.92 Å². The van der Waals surface area contributed by atoms with Crippen LogP contribution in [0.15, 0.2) is 105 Å². The van der Waals surface area contributed by atoms with Gasteiger partial charge in [-0.3, -0.25) is 0 Å². The Balaban J connectivity index is 1.45. The van der Waals surface area contributed by atoms with Crippen LogP contribution < -0.4 is 10.6 Å². The van der Waals surface area contributed by atoms with Gasteiger partial charge in [-0.1, -0.05) is 98.2 Å². The molecule has 0 atom stereocenters. The highest BCUT2D eigenvalue weighted by Gasteiger charge is 2.27. The molecule has 4 aromatic rings. The van der Waals surface area contributed by atoms with Crippen molar-refractivity contribution in [1.29, 1.82) is 0 Å². The summed E-state index contributed by atoms with van der Waals surface area (Å²) < 4.78 is 0. The summed E-state index contributed by atoms with van der Waals surface area (Å²) >= 11 is 3.75. The van der Waals surface area contributed by atoms with Gasteiger partial charge in [0.25, 0.3) is 0 Å². The largest absolute Gasteiger partial charge is 0.353 e. The monoisotopic (exact) mass is 480 g/mol. The number of nitrogens with one attached hydrogen (secondary N) is 2. The predicted molar refractivity (Wildman–Crippen MR) is 147 cm³/mol. The molecule has 2 aliphatic heterocycles. The third kappa shape index (κ3) is 3.99. The lowest BCUT2D eigenvalue weighted by Crippen LogP contribution is -2.12. The molecule has 4 aromatic carbocycles. The van der Waals surface area contributed by atoms with E-state index in [9.17, 15) is 0 Å². The van der Waals surface area contributed by atoms with Gasteiger partial charge in [-0.15, -0.1) is 0 Å². The second-order valence-corrected chi connectivity index (χ2v) is 11.1. The van der Waals surface area contributed by atoms with Crippen molar-refractivity contribution < 1.29 is 0 Å². The maximum absolute atomic E-state index is 3.80. The SMILES string of the molecule is CCCCCC(c1cccc2c1Nc1ccccc1S2)c1cccc2c1Nc1ccccc1S2. The first kappa shape index (κ1) is 21.7. The molecular formula is C30H28N2S2. The van der Waals surface area contributed by atoms with Crippen molar-refractivity contribution >= 4 is 46.3 Å². The molecule has 0 fully saturated rings. The second kappa shape index (κ2) is 9.44. The fourth-order valence-corrected chi connectivity index (χ4v) is 7.08. The number of fused-ring (bicyclic) bond motifs is 4. The fraction of sp³-hybridized carbons (Fsp3) is 0.200. The zero-order valence-electron chi connectivity index (χ0n) is 19.3. The standard InChI is InChI=1S/C30H28N2S2/c1-2-3-4-11-20(21-12-9-18-27-29(21)31-23-14-5-7-16-25(23)33-27)22-13-10-19-28-30(22)32-24-15-6-8-17-26(24)34-28/h5-10,12-20,31-32H,2-4,11H2,1H3. The molecule has 6 rings (SSSR count). The van der Waals surface area contributed by atoms with Crippen LogP contribution in [0.5, 0.6) is 0 Å². The Labute approximate surface area is 210 Å². The van der Waals surface area contributed by atoms with E-state index < -0.39 is 0 Å². The number of benzene rings is 4. The average molecular weight is 481 g/mol. The predicted octanol–water partition coefficient (Wildman–Crippen LogP) is 9.82. The molecule has 170 valence electrons. The second-order valence-electron chi connectivity index (χ2n) is 8.94. The van der Waals surface area contributed by atoms with Crippen molar-refractivity contribution in [1.82, 2.24) is 0 Å². The Morgan fingerprint density at radius 1 is 0.588 bits per heavy atom. The molecule has 0 bridgehead atoms. The van der Waals surface area contributed by atoms with Crippen LogP contribution in [0.25, 0.3) is 0 Å². The molecule has 2 N–H and O–H groups in total. The molecule has 0 saturated carbocycles. The van der Waals surface area contributed by atoms with Crippen molar-refractivity contribution in [2.24, 2.45) is 0 Å². The molecule has 0 unspecified atom stereocenters. The Hall–Kier alpha value is -2.82. The molecule has 34 heavy (non-hydrogen) atoms. The molecule has 0 saturated heterocycles. The van der Waals surface area contributed by atoms with E-state index in [1.807, 2.05) is 23.5 Å². The van der Waals surface area contributed by atoms with Crippen LogP contribution in [0.4, 0.5) is 22.7 Å². The van der Waals surface area contributed by atoms with Crippen LogP contribution in [0.1, 0.15) is 49.7 Å². The van der Waals surface area contributed by atoms with Gasteiger partial charge in [-0.25, -0.2) is 0 Å². The van der Waals surface area contributed by atoms with Crippen molar-refractivity contribution in [3.05, 3.63) is 96.1 Å². The Morgan fingerprint density at radius 2 is 1.09 bits per heavy atom. The highest BCUT2D eigenvalue weighted by atomic mass is 32.2. The minimum absolute atomic E-state index is 0.327. The quantitative estimate of drug-likeness (QED) is 0.232. The van der Waals surface area contributed by atoms with E-state index in [2.05, 4.69) is 102 Å². The molecule has 2 aliphatic rings. The lowest BCUT2D eigenvalue weighted by Gasteiger charge is -2.30. The zero-order chi connectivity index (χ0) is 22.9. The van der Waals surface area contributed by atoms with E-state index in [1.165, 1.54) is 72.7 Å². The molecule has 0 aromatic heterocycles. The summed E-state index contributed by atoms with van der Waals surface area (Å²) in [4.78, 5) is 5.21. The number of unbranched alkanes of at least 4 members (excludes halogenated alkanes) is 2. The van der Waals surface area contributed by atoms with Gasteiger partial charge in [0, 0.05) is 25.5 Å². The number of para-hydroxylation sites is 4. The van der Waals surface area contributed by atoms with Crippen LogP contribution in [-0.2, 0) is 0 Å². The first-order valence-corrected chi connectivity index (χ1v) is 13.8. The molecule has 0 radical (unpaired) electrons. The molecule has 4 heteroatoms. The number of hydrogen-bond donors (Lipinski definition) is 2. The smallest absolute Gasteiger partial charge is 0.0565 e. The minimum Gasteiger partial charge on any atom is -0.353 e. The van der Waals surface area contributed by atoms with Crippen LogP contribution in [0.2, 0.25) is 0 Å². The van der Waals surface area contributed by atoms with E-state index in [1.54, 1.807) is 0 Å². The van der Waals surface area contributed by atoms with Gasteiger partial charge in [0.05, 0.1) is 22.7 Å². The highest BCUT2D eigenvalue weighted by Crippen LogP contribution is 2.52. The van der Waals surface area contributed by atoms with Crippen molar-refractivity contribution in [3.63, 3.8) is 0 Å². The maximum Gasteiger partial charge on any atom is 0.0565 e. The maximum atomic E-state index is 3.80. The average Bonchev–Trinajstić information content (AvgIpc) is 2.88. The molecule has 2 nitrogen and oxygen atoms in total. The highest BCUT2D eigenvalue weighted by molar-refractivity contribution is 8.00. The number of anilines is 4. The summed E-state index contributed by atoms with van der Waals surface area (Å²) in [6, 6.07) is 30.9. The Morgan fingerprint density at radius 3 is 1.62 bits per heavy atom.